The van der Waals surface area contributed by atoms with Crippen LogP contribution in [0, 0.1) is 11.6 Å². The number of rotatable bonds is 7. The number of benzene rings is 2. The minimum absolute atomic E-state index is 0.0597. The smallest absolute Gasteiger partial charge is 0.273 e. The minimum Gasteiger partial charge on any atom is -0.365 e. The van der Waals surface area contributed by atoms with Gasteiger partial charge in [0.25, 0.3) is 5.91 Å². The van der Waals surface area contributed by atoms with Crippen molar-refractivity contribution >= 4 is 27.4 Å². The largest absolute Gasteiger partial charge is 0.365 e. The van der Waals surface area contributed by atoms with Gasteiger partial charge in [-0.1, -0.05) is 18.2 Å². The summed E-state index contributed by atoms with van der Waals surface area (Å²) in [6.07, 6.45) is 4.34. The maximum atomic E-state index is 14.8. The minimum atomic E-state index is -3.50. The number of carbonyl (C=O) groups is 1. The molecule has 2 aromatic carbocycles. The molecule has 0 unspecified atom stereocenters. The number of hydrogen-bond donors (Lipinski definition) is 0. The van der Waals surface area contributed by atoms with E-state index in [1.54, 1.807) is 35.4 Å². The SMILES string of the molecule is C[C@@H]1CN(c2ccc(S(C)(=O)=O)cc2F)CCN1c1nccc(C(=O)N(Cc2ccccc2F)C2CC2)n1. The van der Waals surface area contributed by atoms with Gasteiger partial charge < -0.3 is 14.7 Å². The number of hydrogen-bond acceptors (Lipinski definition) is 7. The molecule has 1 saturated heterocycles. The molecule has 3 aromatic rings. The molecule has 0 N–H and O–H groups in total. The summed E-state index contributed by atoms with van der Waals surface area (Å²) in [6, 6.07) is 11.9. The molecule has 1 saturated carbocycles. The Morgan fingerprint density at radius 2 is 1.84 bits per heavy atom. The summed E-state index contributed by atoms with van der Waals surface area (Å²) in [6.45, 7) is 3.53. The Hall–Kier alpha value is -3.60. The van der Waals surface area contributed by atoms with Crippen molar-refractivity contribution in [3.05, 3.63) is 77.6 Å². The van der Waals surface area contributed by atoms with Crippen LogP contribution < -0.4 is 9.80 Å². The van der Waals surface area contributed by atoms with E-state index in [4.69, 9.17) is 0 Å². The van der Waals surface area contributed by atoms with Gasteiger partial charge in [0.15, 0.2) is 9.84 Å². The fourth-order valence-electron chi connectivity index (χ4n) is 4.76. The first-order valence-corrected chi connectivity index (χ1v) is 14.4. The van der Waals surface area contributed by atoms with Crippen molar-refractivity contribution in [1.82, 2.24) is 14.9 Å². The van der Waals surface area contributed by atoms with E-state index in [0.29, 0.717) is 36.8 Å². The summed E-state index contributed by atoms with van der Waals surface area (Å²) in [5, 5.41) is 0. The number of sulfone groups is 1. The molecule has 1 aliphatic heterocycles. The van der Waals surface area contributed by atoms with Crippen LogP contribution in [0.1, 0.15) is 35.8 Å². The van der Waals surface area contributed by atoms with Crippen molar-refractivity contribution in [2.75, 3.05) is 35.7 Å². The van der Waals surface area contributed by atoms with Crippen molar-refractivity contribution in [2.24, 2.45) is 0 Å². The first-order valence-electron chi connectivity index (χ1n) is 12.5. The zero-order valence-electron chi connectivity index (χ0n) is 21.2. The van der Waals surface area contributed by atoms with E-state index < -0.39 is 15.7 Å². The van der Waals surface area contributed by atoms with Crippen molar-refractivity contribution < 1.29 is 22.0 Å². The van der Waals surface area contributed by atoms with Crippen LogP contribution >= 0.6 is 0 Å². The summed E-state index contributed by atoms with van der Waals surface area (Å²) < 4.78 is 52.5. The van der Waals surface area contributed by atoms with Crippen LogP contribution in [0.5, 0.6) is 0 Å². The van der Waals surface area contributed by atoms with E-state index in [-0.39, 0.29) is 40.9 Å². The molecule has 2 fully saturated rings. The third-order valence-electron chi connectivity index (χ3n) is 6.98. The molecule has 0 spiro atoms. The van der Waals surface area contributed by atoms with Crippen LogP contribution in [0.4, 0.5) is 20.4 Å². The standard InChI is InChI=1S/C27H29F2N5O3S/c1-18-16-32(25-10-9-21(15-23(25)29)38(2,36)37)13-14-33(18)27-30-12-11-24(31-27)26(35)34(20-7-8-20)17-19-5-3-4-6-22(19)28/h3-6,9-12,15,18,20H,7-8,13-14,16-17H2,1-2H3/t18-/m1/s1. The van der Waals surface area contributed by atoms with Gasteiger partial charge >= 0.3 is 0 Å². The van der Waals surface area contributed by atoms with Gasteiger partial charge in [-0.05, 0) is 50.1 Å². The molecular formula is C27H29F2N5O3S. The lowest BCUT2D eigenvalue weighted by atomic mass is 10.1. The van der Waals surface area contributed by atoms with Crippen LogP contribution in [-0.4, -0.2) is 67.2 Å². The zero-order valence-corrected chi connectivity index (χ0v) is 22.0. The van der Waals surface area contributed by atoms with Crippen LogP contribution in [0.25, 0.3) is 0 Å². The first-order chi connectivity index (χ1) is 18.1. The summed E-state index contributed by atoms with van der Waals surface area (Å²) in [5.41, 5.74) is 1.04. The molecule has 1 aliphatic carbocycles. The molecule has 2 aliphatic rings. The first kappa shape index (κ1) is 26.0. The van der Waals surface area contributed by atoms with Gasteiger partial charge in [-0.3, -0.25) is 4.79 Å². The predicted molar refractivity (Wildman–Crippen MR) is 140 cm³/mol. The van der Waals surface area contributed by atoms with Gasteiger partial charge in [-0.15, -0.1) is 0 Å². The molecule has 1 atom stereocenters. The molecular weight excluding hydrogens is 512 g/mol. The fraction of sp³-hybridized carbons (Fsp3) is 0.370. The van der Waals surface area contributed by atoms with Gasteiger partial charge in [0.05, 0.1) is 10.6 Å². The third kappa shape index (κ3) is 5.47. The van der Waals surface area contributed by atoms with Crippen molar-refractivity contribution in [3.63, 3.8) is 0 Å². The fourth-order valence-corrected chi connectivity index (χ4v) is 5.40. The van der Waals surface area contributed by atoms with E-state index in [0.717, 1.165) is 25.2 Å². The number of carbonyl (C=O) groups excluding carboxylic acids is 1. The molecule has 8 nitrogen and oxygen atoms in total. The topological polar surface area (TPSA) is 86.7 Å². The van der Waals surface area contributed by atoms with Crippen LogP contribution in [0.2, 0.25) is 0 Å². The van der Waals surface area contributed by atoms with E-state index in [1.165, 1.54) is 18.2 Å². The monoisotopic (exact) mass is 541 g/mol. The second-order valence-electron chi connectivity index (χ2n) is 9.87. The normalized spacial score (nSPS) is 17.9. The maximum absolute atomic E-state index is 14.8. The molecule has 1 aromatic heterocycles. The Bertz CT molecular complexity index is 1460. The highest BCUT2D eigenvalue weighted by molar-refractivity contribution is 7.90. The Labute approximate surface area is 220 Å². The summed E-state index contributed by atoms with van der Waals surface area (Å²) in [5.74, 6) is -0.799. The quantitative estimate of drug-likeness (QED) is 0.451. The van der Waals surface area contributed by atoms with Crippen LogP contribution in [0.15, 0.2) is 59.6 Å². The number of nitrogens with zero attached hydrogens (tertiary/aromatic N) is 5. The number of halogens is 2. The highest BCUT2D eigenvalue weighted by Crippen LogP contribution is 2.31. The number of piperazine rings is 1. The molecule has 2 heterocycles. The van der Waals surface area contributed by atoms with Gasteiger partial charge in [-0.2, -0.15) is 0 Å². The van der Waals surface area contributed by atoms with E-state index in [1.807, 2.05) is 16.7 Å². The Balaban J connectivity index is 1.31. The molecule has 38 heavy (non-hydrogen) atoms. The molecule has 200 valence electrons. The lowest BCUT2D eigenvalue weighted by Gasteiger charge is -2.41. The highest BCUT2D eigenvalue weighted by atomic mass is 32.2. The predicted octanol–water partition coefficient (Wildman–Crippen LogP) is 3.68. The molecule has 0 bridgehead atoms. The third-order valence-corrected chi connectivity index (χ3v) is 8.09. The number of amides is 1. The van der Waals surface area contributed by atoms with Crippen molar-refractivity contribution in [3.8, 4) is 0 Å². The zero-order chi connectivity index (χ0) is 27.0. The lowest BCUT2D eigenvalue weighted by Crippen LogP contribution is -2.53. The van der Waals surface area contributed by atoms with Gasteiger partial charge in [0, 0.05) is 56.3 Å². The Kier molecular flexibility index (Phi) is 7.04. The molecule has 5 rings (SSSR count). The van der Waals surface area contributed by atoms with Crippen molar-refractivity contribution in [2.45, 2.75) is 43.3 Å². The summed E-state index contributed by atoms with van der Waals surface area (Å²) in [7, 11) is -3.50. The van der Waals surface area contributed by atoms with Crippen LogP contribution in [0.3, 0.4) is 0 Å². The van der Waals surface area contributed by atoms with Crippen molar-refractivity contribution in [1.29, 1.82) is 0 Å². The van der Waals surface area contributed by atoms with Gasteiger partial charge in [0.1, 0.15) is 17.3 Å². The molecule has 0 radical (unpaired) electrons. The summed E-state index contributed by atoms with van der Waals surface area (Å²) >= 11 is 0. The Morgan fingerprint density at radius 3 is 2.50 bits per heavy atom. The van der Waals surface area contributed by atoms with Gasteiger partial charge in [-0.25, -0.2) is 27.2 Å². The summed E-state index contributed by atoms with van der Waals surface area (Å²) in [4.78, 5) is 27.8. The maximum Gasteiger partial charge on any atom is 0.273 e. The van der Waals surface area contributed by atoms with E-state index in [9.17, 15) is 22.0 Å². The second-order valence-corrected chi connectivity index (χ2v) is 11.9. The highest BCUT2D eigenvalue weighted by Gasteiger charge is 2.35. The molecule has 11 heteroatoms. The van der Waals surface area contributed by atoms with E-state index in [2.05, 4.69) is 9.97 Å². The second kappa shape index (κ2) is 10.3. The Morgan fingerprint density at radius 1 is 1.08 bits per heavy atom. The number of aromatic nitrogens is 2. The van der Waals surface area contributed by atoms with E-state index >= 15 is 0 Å². The van der Waals surface area contributed by atoms with Crippen LogP contribution in [-0.2, 0) is 16.4 Å². The van der Waals surface area contributed by atoms with Gasteiger partial charge in [0.2, 0.25) is 5.95 Å². The lowest BCUT2D eigenvalue weighted by molar-refractivity contribution is 0.0722. The molecule has 1 amide bonds. The average molecular weight is 542 g/mol. The number of anilines is 2. The average Bonchev–Trinajstić information content (AvgIpc) is 3.73.